The van der Waals surface area contributed by atoms with Gasteiger partial charge in [-0.2, -0.15) is 0 Å². The van der Waals surface area contributed by atoms with Gasteiger partial charge in [-0.1, -0.05) is 26.7 Å². The van der Waals surface area contributed by atoms with Crippen LogP contribution in [-0.4, -0.2) is 50.5 Å². The minimum absolute atomic E-state index is 0. The average molecular weight is 424 g/mol. The summed E-state index contributed by atoms with van der Waals surface area (Å²) in [5.74, 6) is 1.62. The molecule has 0 spiro atoms. The first-order valence-corrected chi connectivity index (χ1v) is 8.15. The predicted octanol–water partition coefficient (Wildman–Crippen LogP) is 2.46. The minimum atomic E-state index is -0.288. The highest BCUT2D eigenvalue weighted by Gasteiger charge is 2.41. The number of carbonyl (C=O) groups is 1. The van der Waals surface area contributed by atoms with E-state index < -0.39 is 0 Å². The first-order valence-electron chi connectivity index (χ1n) is 8.15. The zero-order valence-corrected chi connectivity index (χ0v) is 17.1. The van der Waals surface area contributed by atoms with Gasteiger partial charge in [-0.15, -0.1) is 24.0 Å². The Morgan fingerprint density at radius 2 is 1.82 bits per heavy atom. The summed E-state index contributed by atoms with van der Waals surface area (Å²) in [6.07, 6.45) is 4.17. The van der Waals surface area contributed by atoms with Crippen molar-refractivity contribution in [3.8, 4) is 0 Å². The number of amides is 1. The fourth-order valence-corrected chi connectivity index (χ4v) is 2.84. The lowest BCUT2D eigenvalue weighted by molar-refractivity contribution is -0.138. The highest BCUT2D eigenvalue weighted by Crippen LogP contribution is 2.39. The molecular weight excluding hydrogens is 391 g/mol. The molecule has 0 aliphatic heterocycles. The number of hydrogen-bond donors (Lipinski definition) is 2. The van der Waals surface area contributed by atoms with Crippen LogP contribution in [0.3, 0.4) is 0 Å². The van der Waals surface area contributed by atoms with Crippen LogP contribution in [0.1, 0.15) is 46.5 Å². The zero-order valence-electron chi connectivity index (χ0n) is 14.7. The molecule has 130 valence electrons. The van der Waals surface area contributed by atoms with Gasteiger partial charge in [-0.25, -0.2) is 0 Å². The number of aliphatic imine (C=N–C) groups is 1. The van der Waals surface area contributed by atoms with Crippen molar-refractivity contribution in [2.45, 2.75) is 46.5 Å². The van der Waals surface area contributed by atoms with E-state index in [9.17, 15) is 4.79 Å². The van der Waals surface area contributed by atoms with Crippen LogP contribution in [0.4, 0.5) is 0 Å². The van der Waals surface area contributed by atoms with Crippen molar-refractivity contribution < 1.29 is 4.79 Å². The third-order valence-corrected chi connectivity index (χ3v) is 3.98. The molecule has 0 aromatic rings. The van der Waals surface area contributed by atoms with Crippen molar-refractivity contribution in [2.75, 3.05) is 33.7 Å². The lowest BCUT2D eigenvalue weighted by atomic mass is 9.85. The zero-order chi connectivity index (χ0) is 15.9. The van der Waals surface area contributed by atoms with Crippen molar-refractivity contribution in [2.24, 2.45) is 16.3 Å². The second-order valence-electron chi connectivity index (χ2n) is 6.66. The molecule has 0 bridgehead atoms. The Bertz CT molecular complexity index is 363. The fraction of sp³-hybridized carbons (Fsp3) is 0.875. The SMILES string of the molecule is CCNC(=NCC1(C(=O)N(C)C)CCCC1)NCC(C)C.I. The van der Waals surface area contributed by atoms with Gasteiger partial charge >= 0.3 is 0 Å². The van der Waals surface area contributed by atoms with Crippen LogP contribution >= 0.6 is 24.0 Å². The van der Waals surface area contributed by atoms with E-state index in [2.05, 4.69) is 36.4 Å². The molecule has 0 unspecified atom stereocenters. The first-order chi connectivity index (χ1) is 9.91. The standard InChI is InChI=1S/C16H32N4O.HI/c1-6-17-15(18-11-13(2)3)19-12-16(9-7-8-10-16)14(21)20(4)5;/h13H,6-12H2,1-5H3,(H2,17,18,19);1H. The predicted molar refractivity (Wildman–Crippen MR) is 104 cm³/mol. The van der Waals surface area contributed by atoms with E-state index in [0.717, 1.165) is 44.7 Å². The van der Waals surface area contributed by atoms with Crippen LogP contribution in [0.15, 0.2) is 4.99 Å². The molecular formula is C16H33IN4O. The Balaban J connectivity index is 0.00000441. The summed E-state index contributed by atoms with van der Waals surface area (Å²) in [6, 6.07) is 0. The summed E-state index contributed by atoms with van der Waals surface area (Å²) in [6.45, 7) is 8.70. The monoisotopic (exact) mass is 424 g/mol. The summed E-state index contributed by atoms with van der Waals surface area (Å²) in [7, 11) is 3.68. The molecule has 0 saturated heterocycles. The quantitative estimate of drug-likeness (QED) is 0.391. The number of guanidine groups is 1. The molecule has 0 aromatic carbocycles. The van der Waals surface area contributed by atoms with Crippen molar-refractivity contribution in [3.63, 3.8) is 0 Å². The maximum absolute atomic E-state index is 12.5. The Hall–Kier alpha value is -0.530. The highest BCUT2D eigenvalue weighted by molar-refractivity contribution is 14.0. The van der Waals surface area contributed by atoms with Gasteiger partial charge in [0.15, 0.2) is 5.96 Å². The van der Waals surface area contributed by atoms with Crippen LogP contribution in [0, 0.1) is 11.3 Å². The minimum Gasteiger partial charge on any atom is -0.357 e. The number of nitrogens with zero attached hydrogens (tertiary/aromatic N) is 2. The molecule has 0 heterocycles. The normalized spacial score (nSPS) is 17.1. The summed E-state index contributed by atoms with van der Waals surface area (Å²) in [5, 5.41) is 6.60. The molecule has 6 heteroatoms. The number of halogens is 1. The van der Waals surface area contributed by atoms with Crippen molar-refractivity contribution >= 4 is 35.8 Å². The largest absolute Gasteiger partial charge is 0.357 e. The molecule has 1 fully saturated rings. The first kappa shape index (κ1) is 21.5. The van der Waals surface area contributed by atoms with E-state index in [4.69, 9.17) is 0 Å². The van der Waals surface area contributed by atoms with E-state index in [0.29, 0.717) is 12.5 Å². The van der Waals surface area contributed by atoms with Gasteiger partial charge in [0.25, 0.3) is 0 Å². The molecule has 1 aliphatic carbocycles. The lowest BCUT2D eigenvalue weighted by Crippen LogP contribution is -2.43. The van der Waals surface area contributed by atoms with Crippen molar-refractivity contribution in [1.82, 2.24) is 15.5 Å². The Kier molecular flexibility index (Phi) is 10.0. The average Bonchev–Trinajstić information content (AvgIpc) is 2.90. The molecule has 0 radical (unpaired) electrons. The molecule has 1 amide bonds. The number of rotatable bonds is 6. The second kappa shape index (κ2) is 10.3. The molecule has 2 N–H and O–H groups in total. The molecule has 5 nitrogen and oxygen atoms in total. The summed E-state index contributed by atoms with van der Waals surface area (Å²) < 4.78 is 0. The summed E-state index contributed by atoms with van der Waals surface area (Å²) in [4.78, 5) is 18.9. The van der Waals surface area contributed by atoms with Gasteiger partial charge in [-0.3, -0.25) is 9.79 Å². The Morgan fingerprint density at radius 1 is 1.23 bits per heavy atom. The summed E-state index contributed by atoms with van der Waals surface area (Å²) in [5.41, 5.74) is -0.288. The van der Waals surface area contributed by atoms with E-state index in [1.54, 1.807) is 4.90 Å². The van der Waals surface area contributed by atoms with Crippen LogP contribution in [-0.2, 0) is 4.79 Å². The van der Waals surface area contributed by atoms with E-state index in [1.807, 2.05) is 14.1 Å². The summed E-state index contributed by atoms with van der Waals surface area (Å²) >= 11 is 0. The van der Waals surface area contributed by atoms with E-state index in [1.165, 1.54) is 0 Å². The number of hydrogen-bond acceptors (Lipinski definition) is 2. The fourth-order valence-electron chi connectivity index (χ4n) is 2.84. The second-order valence-corrected chi connectivity index (χ2v) is 6.66. The Labute approximate surface area is 152 Å². The molecule has 22 heavy (non-hydrogen) atoms. The van der Waals surface area contributed by atoms with E-state index in [-0.39, 0.29) is 35.3 Å². The van der Waals surface area contributed by atoms with Gasteiger partial charge in [0.05, 0.1) is 12.0 Å². The Morgan fingerprint density at radius 3 is 2.27 bits per heavy atom. The molecule has 0 atom stereocenters. The van der Waals surface area contributed by atoms with Gasteiger partial charge < -0.3 is 15.5 Å². The highest BCUT2D eigenvalue weighted by atomic mass is 127. The number of nitrogens with one attached hydrogen (secondary N) is 2. The van der Waals surface area contributed by atoms with Gasteiger partial charge in [0, 0.05) is 27.2 Å². The lowest BCUT2D eigenvalue weighted by Gasteiger charge is -2.29. The van der Waals surface area contributed by atoms with Crippen molar-refractivity contribution in [3.05, 3.63) is 0 Å². The van der Waals surface area contributed by atoms with Gasteiger partial charge in [0.2, 0.25) is 5.91 Å². The molecule has 1 saturated carbocycles. The molecule has 1 aliphatic rings. The van der Waals surface area contributed by atoms with Gasteiger partial charge in [-0.05, 0) is 25.7 Å². The van der Waals surface area contributed by atoms with Crippen molar-refractivity contribution in [1.29, 1.82) is 0 Å². The maximum Gasteiger partial charge on any atom is 0.230 e. The third-order valence-electron chi connectivity index (χ3n) is 3.98. The van der Waals surface area contributed by atoms with Crippen LogP contribution in [0.2, 0.25) is 0 Å². The van der Waals surface area contributed by atoms with Gasteiger partial charge in [0.1, 0.15) is 0 Å². The maximum atomic E-state index is 12.5. The van der Waals surface area contributed by atoms with Crippen LogP contribution in [0.25, 0.3) is 0 Å². The molecule has 1 rings (SSSR count). The third kappa shape index (κ3) is 6.30. The van der Waals surface area contributed by atoms with Crippen LogP contribution < -0.4 is 10.6 Å². The topological polar surface area (TPSA) is 56.7 Å². The van der Waals surface area contributed by atoms with E-state index >= 15 is 0 Å². The molecule has 0 aromatic heterocycles. The van der Waals surface area contributed by atoms with Crippen LogP contribution in [0.5, 0.6) is 0 Å². The number of carbonyl (C=O) groups excluding carboxylic acids is 1. The smallest absolute Gasteiger partial charge is 0.230 e.